The highest BCUT2D eigenvalue weighted by atomic mass is 16.2. The Morgan fingerprint density at radius 3 is 2.52 bits per heavy atom. The molecule has 1 aliphatic heterocycles. The van der Waals surface area contributed by atoms with Crippen LogP contribution in [0.3, 0.4) is 0 Å². The van der Waals surface area contributed by atoms with Crippen LogP contribution in [0, 0.1) is 0 Å². The van der Waals surface area contributed by atoms with Gasteiger partial charge in [0.25, 0.3) is 0 Å². The minimum atomic E-state index is 0.138. The lowest BCUT2D eigenvalue weighted by Gasteiger charge is -2.35. The zero-order valence-corrected chi connectivity index (χ0v) is 14.8. The van der Waals surface area contributed by atoms with E-state index in [1.54, 1.807) is 13.1 Å². The predicted molar refractivity (Wildman–Crippen MR) is 97.7 cm³/mol. The number of aromatic nitrogens is 3. The molecule has 1 aliphatic rings. The fraction of sp³-hybridized carbons (Fsp3) is 0.444. The highest BCUT2D eigenvalue weighted by molar-refractivity contribution is 5.73. The Morgan fingerprint density at radius 1 is 1.12 bits per heavy atom. The molecule has 0 saturated carbocycles. The SMILES string of the molecule is CC(=O)N1CCN(c2ccnc(N(C)CCc3ccncc3)n2)CC1. The molecule has 7 nitrogen and oxygen atoms in total. The number of pyridine rings is 1. The lowest BCUT2D eigenvalue weighted by Crippen LogP contribution is -2.48. The van der Waals surface area contributed by atoms with Crippen LogP contribution in [-0.4, -0.2) is 65.5 Å². The zero-order valence-electron chi connectivity index (χ0n) is 14.8. The third-order valence-electron chi connectivity index (χ3n) is 4.50. The molecule has 0 aromatic carbocycles. The summed E-state index contributed by atoms with van der Waals surface area (Å²) in [5.74, 6) is 1.78. The Labute approximate surface area is 148 Å². The highest BCUT2D eigenvalue weighted by Crippen LogP contribution is 2.16. The molecule has 0 spiro atoms. The maximum absolute atomic E-state index is 11.4. The average molecular weight is 340 g/mol. The van der Waals surface area contributed by atoms with Gasteiger partial charge in [-0.05, 0) is 30.2 Å². The molecule has 132 valence electrons. The summed E-state index contributed by atoms with van der Waals surface area (Å²) in [6.45, 7) is 5.55. The fourth-order valence-electron chi connectivity index (χ4n) is 2.90. The number of piperazine rings is 1. The van der Waals surface area contributed by atoms with E-state index < -0.39 is 0 Å². The normalized spacial score (nSPS) is 14.5. The van der Waals surface area contributed by atoms with Crippen molar-refractivity contribution in [3.63, 3.8) is 0 Å². The number of likely N-dealkylation sites (N-methyl/N-ethyl adjacent to an activating group) is 1. The van der Waals surface area contributed by atoms with E-state index in [1.807, 2.05) is 42.5 Å². The number of hydrogen-bond acceptors (Lipinski definition) is 6. The van der Waals surface area contributed by atoms with Crippen molar-refractivity contribution in [2.24, 2.45) is 0 Å². The summed E-state index contributed by atoms with van der Waals surface area (Å²) in [6, 6.07) is 5.99. The summed E-state index contributed by atoms with van der Waals surface area (Å²) in [4.78, 5) is 30.7. The molecule has 1 fully saturated rings. The van der Waals surface area contributed by atoms with Gasteiger partial charge >= 0.3 is 0 Å². The first-order valence-corrected chi connectivity index (χ1v) is 8.57. The van der Waals surface area contributed by atoms with Gasteiger partial charge < -0.3 is 14.7 Å². The molecule has 0 aliphatic carbocycles. The average Bonchev–Trinajstić information content (AvgIpc) is 2.67. The second-order valence-electron chi connectivity index (χ2n) is 6.23. The van der Waals surface area contributed by atoms with Crippen LogP contribution in [0.25, 0.3) is 0 Å². The van der Waals surface area contributed by atoms with Gasteiger partial charge in [0.15, 0.2) is 0 Å². The Hall–Kier alpha value is -2.70. The topological polar surface area (TPSA) is 65.5 Å². The van der Waals surface area contributed by atoms with Gasteiger partial charge in [-0.25, -0.2) is 4.98 Å². The van der Waals surface area contributed by atoms with Crippen molar-refractivity contribution >= 4 is 17.7 Å². The summed E-state index contributed by atoms with van der Waals surface area (Å²) in [5.41, 5.74) is 1.25. The summed E-state index contributed by atoms with van der Waals surface area (Å²) >= 11 is 0. The standard InChI is InChI=1S/C18H24N6O/c1-15(25)23-11-13-24(14-12-23)17-5-9-20-18(21-17)22(2)10-6-16-3-7-19-8-4-16/h3-5,7-9H,6,10-14H2,1-2H3. The first-order valence-electron chi connectivity index (χ1n) is 8.57. The van der Waals surface area contributed by atoms with Gasteiger partial charge in [0.2, 0.25) is 11.9 Å². The highest BCUT2D eigenvalue weighted by Gasteiger charge is 2.20. The van der Waals surface area contributed by atoms with Gasteiger partial charge in [-0.3, -0.25) is 9.78 Å². The molecule has 3 rings (SSSR count). The Balaban J connectivity index is 1.60. The molecule has 0 N–H and O–H groups in total. The summed E-state index contributed by atoms with van der Waals surface area (Å²) in [6.07, 6.45) is 6.35. The lowest BCUT2D eigenvalue weighted by atomic mass is 10.2. The van der Waals surface area contributed by atoms with E-state index in [1.165, 1.54) is 5.56 Å². The van der Waals surface area contributed by atoms with Crippen LogP contribution < -0.4 is 9.80 Å². The van der Waals surface area contributed by atoms with Crippen molar-refractivity contribution in [1.29, 1.82) is 0 Å². The molecule has 0 atom stereocenters. The third kappa shape index (κ3) is 4.43. The van der Waals surface area contributed by atoms with Crippen LogP contribution in [0.1, 0.15) is 12.5 Å². The molecular weight excluding hydrogens is 316 g/mol. The van der Waals surface area contributed by atoms with Crippen molar-refractivity contribution in [3.8, 4) is 0 Å². The van der Waals surface area contributed by atoms with Crippen LogP contribution in [0.4, 0.5) is 11.8 Å². The van der Waals surface area contributed by atoms with Crippen LogP contribution in [-0.2, 0) is 11.2 Å². The Kier molecular flexibility index (Phi) is 5.42. The van der Waals surface area contributed by atoms with E-state index in [0.29, 0.717) is 0 Å². The van der Waals surface area contributed by atoms with Crippen molar-refractivity contribution in [2.45, 2.75) is 13.3 Å². The molecule has 7 heteroatoms. The van der Waals surface area contributed by atoms with Crippen LogP contribution in [0.5, 0.6) is 0 Å². The number of carbonyl (C=O) groups excluding carboxylic acids is 1. The van der Waals surface area contributed by atoms with Gasteiger partial charge in [0, 0.05) is 65.3 Å². The van der Waals surface area contributed by atoms with E-state index in [-0.39, 0.29) is 5.91 Å². The molecule has 25 heavy (non-hydrogen) atoms. The maximum Gasteiger partial charge on any atom is 0.227 e. The third-order valence-corrected chi connectivity index (χ3v) is 4.50. The lowest BCUT2D eigenvalue weighted by molar-refractivity contribution is -0.129. The first-order chi connectivity index (χ1) is 12.1. The first kappa shape index (κ1) is 17.1. The van der Waals surface area contributed by atoms with Crippen LogP contribution in [0.15, 0.2) is 36.8 Å². The van der Waals surface area contributed by atoms with E-state index in [9.17, 15) is 4.79 Å². The molecule has 0 bridgehead atoms. The van der Waals surface area contributed by atoms with Gasteiger partial charge in [-0.1, -0.05) is 0 Å². The van der Waals surface area contributed by atoms with Crippen LogP contribution in [0.2, 0.25) is 0 Å². The number of rotatable bonds is 5. The predicted octanol–water partition coefficient (Wildman–Crippen LogP) is 1.22. The molecule has 0 unspecified atom stereocenters. The van der Waals surface area contributed by atoms with Gasteiger partial charge in [0.1, 0.15) is 5.82 Å². The minimum absolute atomic E-state index is 0.138. The molecule has 2 aromatic heterocycles. The number of carbonyl (C=O) groups is 1. The summed E-state index contributed by atoms with van der Waals surface area (Å²) < 4.78 is 0. The second-order valence-corrected chi connectivity index (χ2v) is 6.23. The molecule has 1 amide bonds. The van der Waals surface area contributed by atoms with E-state index in [0.717, 1.165) is 50.9 Å². The van der Waals surface area contributed by atoms with Crippen molar-refractivity contribution in [3.05, 3.63) is 42.4 Å². The largest absolute Gasteiger partial charge is 0.353 e. The minimum Gasteiger partial charge on any atom is -0.353 e. The zero-order chi connectivity index (χ0) is 17.6. The number of anilines is 2. The van der Waals surface area contributed by atoms with Gasteiger partial charge in [-0.2, -0.15) is 4.98 Å². The number of nitrogens with zero attached hydrogens (tertiary/aromatic N) is 6. The van der Waals surface area contributed by atoms with E-state index in [4.69, 9.17) is 4.98 Å². The molecule has 3 heterocycles. The monoisotopic (exact) mass is 340 g/mol. The van der Waals surface area contributed by atoms with E-state index in [2.05, 4.69) is 19.8 Å². The molecular formula is C18H24N6O. The van der Waals surface area contributed by atoms with Crippen molar-refractivity contribution in [1.82, 2.24) is 19.9 Å². The number of hydrogen-bond donors (Lipinski definition) is 0. The van der Waals surface area contributed by atoms with Gasteiger partial charge in [0.05, 0.1) is 0 Å². The second kappa shape index (κ2) is 7.92. The van der Waals surface area contributed by atoms with Crippen LogP contribution >= 0.6 is 0 Å². The maximum atomic E-state index is 11.4. The smallest absolute Gasteiger partial charge is 0.227 e. The summed E-state index contributed by atoms with van der Waals surface area (Å²) in [7, 11) is 2.01. The fourth-order valence-corrected chi connectivity index (χ4v) is 2.90. The Morgan fingerprint density at radius 2 is 1.84 bits per heavy atom. The molecule has 1 saturated heterocycles. The molecule has 0 radical (unpaired) electrons. The Bertz CT molecular complexity index is 700. The summed E-state index contributed by atoms with van der Waals surface area (Å²) in [5, 5.41) is 0. The quantitative estimate of drug-likeness (QED) is 0.815. The van der Waals surface area contributed by atoms with Crippen molar-refractivity contribution < 1.29 is 4.79 Å². The van der Waals surface area contributed by atoms with Crippen molar-refractivity contribution in [2.75, 3.05) is 49.6 Å². The van der Waals surface area contributed by atoms with Gasteiger partial charge in [-0.15, -0.1) is 0 Å². The number of amides is 1. The van der Waals surface area contributed by atoms with E-state index >= 15 is 0 Å². The molecule has 2 aromatic rings.